The van der Waals surface area contributed by atoms with Crippen LogP contribution in [-0.4, -0.2) is 4.75 Å². The predicted molar refractivity (Wildman–Crippen MR) is 75.5 cm³/mol. The number of thioether (sulfide) groups is 1. The molecular weight excluding hydrogens is 212 g/mol. The van der Waals surface area contributed by atoms with Gasteiger partial charge in [0.25, 0.3) is 0 Å². The molecule has 0 amide bonds. The van der Waals surface area contributed by atoms with E-state index < -0.39 is 0 Å². The monoisotopic (exact) mass is 236 g/mol. The van der Waals surface area contributed by atoms with E-state index in [9.17, 15) is 0 Å². The molecule has 90 valence electrons. The van der Waals surface area contributed by atoms with Crippen LogP contribution in [-0.2, 0) is 5.41 Å². The quantitative estimate of drug-likeness (QED) is 0.598. The van der Waals surface area contributed by atoms with E-state index >= 15 is 0 Å². The third kappa shape index (κ3) is 1.90. The van der Waals surface area contributed by atoms with Crippen molar-refractivity contribution in [2.45, 2.75) is 63.5 Å². The van der Waals surface area contributed by atoms with E-state index in [1.807, 2.05) is 25.6 Å². The summed E-state index contributed by atoms with van der Waals surface area (Å²) in [5.74, 6) is 0. The molecule has 0 atom stereocenters. The van der Waals surface area contributed by atoms with Gasteiger partial charge in [-0.3, -0.25) is 0 Å². The molecule has 0 aromatic heterocycles. The van der Waals surface area contributed by atoms with Crippen LogP contribution >= 0.6 is 11.8 Å². The molecule has 0 unspecified atom stereocenters. The molecule has 1 aliphatic rings. The van der Waals surface area contributed by atoms with Crippen LogP contribution in [0.3, 0.4) is 0 Å². The van der Waals surface area contributed by atoms with E-state index in [1.165, 1.54) is 10.5 Å². The number of benzene rings is 1. The number of hydrogen-bond donors (Lipinski definition) is 0. The van der Waals surface area contributed by atoms with Gasteiger partial charge in [-0.05, 0) is 38.0 Å². The maximum absolute atomic E-state index is 2.36. The van der Waals surface area contributed by atoms with E-state index in [4.69, 9.17) is 0 Å². The standard InChI is InChI=1S/C13H18S.C2H6/c1-9-7-6-8-10-11(9)12(2,3)13(4,5)14-10;1-2/h6-8H,1-5H3;1-2H3. The third-order valence-electron chi connectivity index (χ3n) is 3.73. The highest BCUT2D eigenvalue weighted by Gasteiger charge is 2.46. The van der Waals surface area contributed by atoms with Crippen LogP contribution in [0.25, 0.3) is 0 Å². The van der Waals surface area contributed by atoms with Crippen LogP contribution in [0.5, 0.6) is 0 Å². The van der Waals surface area contributed by atoms with Gasteiger partial charge in [0.15, 0.2) is 0 Å². The first-order valence-corrected chi connectivity index (χ1v) is 6.97. The summed E-state index contributed by atoms with van der Waals surface area (Å²) in [5.41, 5.74) is 3.26. The van der Waals surface area contributed by atoms with Crippen LogP contribution in [0.15, 0.2) is 23.1 Å². The van der Waals surface area contributed by atoms with Gasteiger partial charge < -0.3 is 0 Å². The van der Waals surface area contributed by atoms with E-state index in [1.54, 1.807) is 5.56 Å². The second-order valence-corrected chi connectivity index (χ2v) is 6.85. The predicted octanol–water partition coefficient (Wildman–Crippen LogP) is 5.18. The zero-order chi connectivity index (χ0) is 12.6. The zero-order valence-electron chi connectivity index (χ0n) is 11.6. The second-order valence-electron chi connectivity index (χ2n) is 5.19. The molecule has 1 aliphatic heterocycles. The summed E-state index contributed by atoms with van der Waals surface area (Å²) in [5, 5.41) is 0. The maximum atomic E-state index is 2.36. The molecule has 0 fully saturated rings. The van der Waals surface area contributed by atoms with Gasteiger partial charge in [0, 0.05) is 15.1 Å². The van der Waals surface area contributed by atoms with Gasteiger partial charge in [-0.1, -0.05) is 39.8 Å². The van der Waals surface area contributed by atoms with Crippen LogP contribution in [0.1, 0.15) is 52.7 Å². The van der Waals surface area contributed by atoms with Crippen molar-refractivity contribution in [1.29, 1.82) is 0 Å². The van der Waals surface area contributed by atoms with E-state index in [0.717, 1.165) is 0 Å². The van der Waals surface area contributed by atoms with Crippen molar-refractivity contribution in [3.63, 3.8) is 0 Å². The number of hydrogen-bond acceptors (Lipinski definition) is 1. The Morgan fingerprint density at radius 1 is 1.00 bits per heavy atom. The minimum absolute atomic E-state index is 0.276. The van der Waals surface area contributed by atoms with Crippen molar-refractivity contribution in [1.82, 2.24) is 0 Å². The first kappa shape index (κ1) is 13.6. The number of rotatable bonds is 0. The molecule has 0 saturated carbocycles. The molecule has 0 nitrogen and oxygen atoms in total. The van der Waals surface area contributed by atoms with Crippen molar-refractivity contribution in [3.8, 4) is 0 Å². The molecule has 16 heavy (non-hydrogen) atoms. The first-order valence-electron chi connectivity index (χ1n) is 6.15. The van der Waals surface area contributed by atoms with Crippen molar-refractivity contribution in [2.24, 2.45) is 0 Å². The Balaban J connectivity index is 0.000000606. The largest absolute Gasteiger partial charge is 0.119 e. The Bertz CT molecular complexity index is 375. The molecule has 0 radical (unpaired) electrons. The minimum Gasteiger partial charge on any atom is -0.119 e. The second kappa shape index (κ2) is 4.44. The molecule has 0 aliphatic carbocycles. The highest BCUT2D eigenvalue weighted by atomic mass is 32.2. The average Bonchev–Trinajstić information content (AvgIpc) is 2.37. The lowest BCUT2D eigenvalue weighted by atomic mass is 9.73. The third-order valence-corrected chi connectivity index (χ3v) is 5.31. The lowest BCUT2D eigenvalue weighted by Gasteiger charge is -2.35. The van der Waals surface area contributed by atoms with Crippen LogP contribution < -0.4 is 0 Å². The van der Waals surface area contributed by atoms with Crippen molar-refractivity contribution in [3.05, 3.63) is 29.3 Å². The maximum Gasteiger partial charge on any atom is 0.0242 e. The molecule has 1 aromatic carbocycles. The summed E-state index contributed by atoms with van der Waals surface area (Å²) >= 11 is 2.01. The van der Waals surface area contributed by atoms with Gasteiger partial charge in [0.1, 0.15) is 0 Å². The molecular formula is C15H24S. The Kier molecular flexibility index (Phi) is 3.79. The average molecular weight is 236 g/mol. The summed E-state index contributed by atoms with van der Waals surface area (Å²) in [7, 11) is 0. The zero-order valence-corrected chi connectivity index (χ0v) is 12.5. The Morgan fingerprint density at radius 2 is 1.56 bits per heavy atom. The topological polar surface area (TPSA) is 0 Å². The smallest absolute Gasteiger partial charge is 0.0242 e. The summed E-state index contributed by atoms with van der Waals surface area (Å²) < 4.78 is 0.307. The Labute approximate surface area is 105 Å². The SMILES string of the molecule is CC.Cc1cccc2c1C(C)(C)C(C)(C)S2. The van der Waals surface area contributed by atoms with E-state index in [0.29, 0.717) is 4.75 Å². The fourth-order valence-corrected chi connectivity index (χ4v) is 3.80. The fourth-order valence-electron chi connectivity index (χ4n) is 2.23. The van der Waals surface area contributed by atoms with Gasteiger partial charge >= 0.3 is 0 Å². The van der Waals surface area contributed by atoms with Crippen LogP contribution in [0.2, 0.25) is 0 Å². The molecule has 1 heterocycles. The highest BCUT2D eigenvalue weighted by molar-refractivity contribution is 8.01. The van der Waals surface area contributed by atoms with Gasteiger partial charge in [-0.15, -0.1) is 11.8 Å². The van der Waals surface area contributed by atoms with Gasteiger partial charge in [-0.25, -0.2) is 0 Å². The van der Waals surface area contributed by atoms with Crippen LogP contribution in [0, 0.1) is 6.92 Å². The van der Waals surface area contributed by atoms with Gasteiger partial charge in [0.05, 0.1) is 0 Å². The fraction of sp³-hybridized carbons (Fsp3) is 0.600. The highest BCUT2D eigenvalue weighted by Crippen LogP contribution is 2.56. The Morgan fingerprint density at radius 3 is 2.06 bits per heavy atom. The summed E-state index contributed by atoms with van der Waals surface area (Å²) in [6.07, 6.45) is 0. The van der Waals surface area contributed by atoms with Crippen LogP contribution in [0.4, 0.5) is 0 Å². The summed E-state index contributed by atoms with van der Waals surface area (Å²) in [4.78, 5) is 1.47. The minimum atomic E-state index is 0.276. The molecule has 1 aromatic rings. The summed E-state index contributed by atoms with van der Waals surface area (Å²) in [6, 6.07) is 6.64. The van der Waals surface area contributed by atoms with E-state index in [2.05, 4.69) is 52.8 Å². The Hall–Kier alpha value is -0.430. The molecule has 0 N–H and O–H groups in total. The van der Waals surface area contributed by atoms with Crippen molar-refractivity contribution < 1.29 is 0 Å². The normalized spacial score (nSPS) is 19.7. The van der Waals surface area contributed by atoms with E-state index in [-0.39, 0.29) is 5.41 Å². The molecule has 0 saturated heterocycles. The van der Waals surface area contributed by atoms with Crippen molar-refractivity contribution in [2.75, 3.05) is 0 Å². The first-order chi connectivity index (χ1) is 7.36. The number of aryl methyl sites for hydroxylation is 1. The number of fused-ring (bicyclic) bond motifs is 1. The molecule has 2 rings (SSSR count). The molecule has 1 heteroatoms. The lowest BCUT2D eigenvalue weighted by Crippen LogP contribution is -2.35. The molecule has 0 spiro atoms. The summed E-state index contributed by atoms with van der Waals surface area (Å²) in [6.45, 7) is 15.6. The van der Waals surface area contributed by atoms with Gasteiger partial charge in [0.2, 0.25) is 0 Å². The lowest BCUT2D eigenvalue weighted by molar-refractivity contribution is 0.419. The molecule has 0 bridgehead atoms. The van der Waals surface area contributed by atoms with Gasteiger partial charge in [-0.2, -0.15) is 0 Å². The van der Waals surface area contributed by atoms with Crippen molar-refractivity contribution >= 4 is 11.8 Å².